The number of ether oxygens (including phenoxy) is 1. The van der Waals surface area contributed by atoms with E-state index in [0.717, 1.165) is 12.5 Å². The third kappa shape index (κ3) is 3.96. The molecule has 4 atom stereocenters. The van der Waals surface area contributed by atoms with E-state index in [1.807, 2.05) is 0 Å². The van der Waals surface area contributed by atoms with Gasteiger partial charge in [0.15, 0.2) is 0 Å². The Morgan fingerprint density at radius 2 is 1.71 bits per heavy atom. The van der Waals surface area contributed by atoms with Crippen LogP contribution in [0.4, 0.5) is 0 Å². The first-order chi connectivity index (χ1) is 9.91. The molecule has 122 valence electrons. The molecule has 21 heavy (non-hydrogen) atoms. The summed E-state index contributed by atoms with van der Waals surface area (Å²) in [6, 6.07) is 1.01. The maximum Gasteiger partial charge on any atom is 0.317 e. The number of fused-ring (bicyclic) bond motifs is 1. The fourth-order valence-electron chi connectivity index (χ4n) is 3.80. The van der Waals surface area contributed by atoms with Gasteiger partial charge in [0.25, 0.3) is 27.9 Å². The van der Waals surface area contributed by atoms with Crippen molar-refractivity contribution in [3.63, 3.8) is 0 Å². The quantitative estimate of drug-likeness (QED) is 0.564. The minimum Gasteiger partial charge on any atom is -0.420 e. The Hall–Kier alpha value is 0.668. The van der Waals surface area contributed by atoms with Crippen LogP contribution in [-0.2, 0) is 21.2 Å². The van der Waals surface area contributed by atoms with Crippen LogP contribution in [0.5, 0.6) is 0 Å². The van der Waals surface area contributed by atoms with Gasteiger partial charge in [0.1, 0.15) is 0 Å². The Balaban J connectivity index is 1.59. The molecule has 4 unspecified atom stereocenters. The lowest BCUT2D eigenvalue weighted by atomic mass is 9.87. The van der Waals surface area contributed by atoms with E-state index in [1.54, 1.807) is 0 Å². The van der Waals surface area contributed by atoms with Crippen LogP contribution < -0.4 is 0 Å². The summed E-state index contributed by atoms with van der Waals surface area (Å²) in [4.78, 5) is 0. The molecule has 1 aliphatic carbocycles. The van der Waals surface area contributed by atoms with Gasteiger partial charge in [-0.05, 0) is 51.5 Å². The second-order valence-electron chi connectivity index (χ2n) is 6.76. The van der Waals surface area contributed by atoms with Crippen molar-refractivity contribution in [2.24, 2.45) is 0 Å². The van der Waals surface area contributed by atoms with Crippen LogP contribution in [0, 0.1) is 0 Å². The van der Waals surface area contributed by atoms with E-state index in [-0.39, 0.29) is 5.60 Å². The molecule has 2 aliphatic heterocycles. The van der Waals surface area contributed by atoms with Gasteiger partial charge in [-0.2, -0.15) is 0 Å². The molecule has 0 aromatic carbocycles. The lowest BCUT2D eigenvalue weighted by molar-refractivity contribution is 0.252. The molecule has 3 aliphatic rings. The molecule has 0 aromatic heterocycles. The summed E-state index contributed by atoms with van der Waals surface area (Å²) in [5.74, 6) is 0. The second kappa shape index (κ2) is 6.28. The Bertz CT molecular complexity index is 373. The van der Waals surface area contributed by atoms with Gasteiger partial charge in [-0.25, -0.2) is 0 Å². The topological polar surface area (TPSA) is 49.5 Å². The normalized spacial score (nSPS) is 50.9. The smallest absolute Gasteiger partial charge is 0.317 e. The monoisotopic (exact) mass is 364 g/mol. The molecule has 0 spiro atoms. The largest absolute Gasteiger partial charge is 0.420 e. The molecule has 5 nitrogen and oxygen atoms in total. The van der Waals surface area contributed by atoms with Crippen LogP contribution >= 0.6 is 0 Å². The molecular weight excluding hydrogens is 336 g/mol. The highest BCUT2D eigenvalue weighted by Crippen LogP contribution is 2.51. The molecule has 3 fully saturated rings. The average Bonchev–Trinajstić information content (AvgIpc) is 3.09. The van der Waals surface area contributed by atoms with Crippen molar-refractivity contribution in [3.05, 3.63) is 0 Å². The second-order valence-corrected chi connectivity index (χ2v) is 17.0. The summed E-state index contributed by atoms with van der Waals surface area (Å²) in [5.41, 5.74) is 0.169. The Morgan fingerprint density at radius 3 is 2.33 bits per heavy atom. The van der Waals surface area contributed by atoms with Crippen molar-refractivity contribution in [3.8, 4) is 0 Å². The van der Waals surface area contributed by atoms with Crippen molar-refractivity contribution in [2.75, 3.05) is 0 Å². The molecule has 0 amide bonds. The zero-order valence-corrected chi connectivity index (χ0v) is 18.1. The van der Waals surface area contributed by atoms with E-state index in [0.29, 0.717) is 6.10 Å². The molecule has 2 heterocycles. The molecule has 0 aromatic rings. The minimum absolute atomic E-state index is 0.169. The van der Waals surface area contributed by atoms with Gasteiger partial charge in [-0.3, -0.25) is 0 Å². The summed E-state index contributed by atoms with van der Waals surface area (Å²) >= 11 is 0. The number of rotatable bonds is 3. The van der Waals surface area contributed by atoms with E-state index in [1.165, 1.54) is 25.7 Å². The lowest BCUT2D eigenvalue weighted by Crippen LogP contribution is -2.53. The Labute approximate surface area is 134 Å². The molecule has 0 bridgehead atoms. The van der Waals surface area contributed by atoms with Gasteiger partial charge in [-0.1, -0.05) is 12.8 Å². The standard InChI is InChI=1S/C12H28O5Si4/c1-18-14-19(2)16-21(4,17-20(3)15-18)10-9-12-8-6-5-7-11(12)13-12/h11,18-20H,5-10H2,1-4H3. The summed E-state index contributed by atoms with van der Waals surface area (Å²) < 4.78 is 30.6. The van der Waals surface area contributed by atoms with E-state index in [9.17, 15) is 0 Å². The van der Waals surface area contributed by atoms with Crippen LogP contribution in [0.3, 0.4) is 0 Å². The van der Waals surface area contributed by atoms with E-state index in [4.69, 9.17) is 21.2 Å². The maximum atomic E-state index is 6.34. The predicted octanol–water partition coefficient (Wildman–Crippen LogP) is 1.79. The van der Waals surface area contributed by atoms with Crippen molar-refractivity contribution >= 4 is 36.4 Å². The molecule has 9 heteroatoms. The van der Waals surface area contributed by atoms with Gasteiger partial charge in [0.05, 0.1) is 11.7 Å². The first-order valence-corrected chi connectivity index (χ1v) is 17.1. The van der Waals surface area contributed by atoms with Gasteiger partial charge < -0.3 is 21.2 Å². The third-order valence-electron chi connectivity index (χ3n) is 4.82. The Kier molecular flexibility index (Phi) is 4.94. The first kappa shape index (κ1) is 16.5. The predicted molar refractivity (Wildman–Crippen MR) is 90.5 cm³/mol. The molecule has 0 radical (unpaired) electrons. The Morgan fingerprint density at radius 1 is 1.05 bits per heavy atom. The lowest BCUT2D eigenvalue weighted by Gasteiger charge is -2.37. The summed E-state index contributed by atoms with van der Waals surface area (Å²) in [7, 11) is -6.90. The van der Waals surface area contributed by atoms with Crippen LogP contribution in [-0.4, -0.2) is 48.1 Å². The zero-order chi connectivity index (χ0) is 15.1. The first-order valence-electron chi connectivity index (χ1n) is 8.25. The van der Waals surface area contributed by atoms with Crippen molar-refractivity contribution in [2.45, 2.75) is 76.0 Å². The van der Waals surface area contributed by atoms with Crippen molar-refractivity contribution in [1.82, 2.24) is 0 Å². The number of hydrogen-bond donors (Lipinski definition) is 0. The van der Waals surface area contributed by atoms with E-state index < -0.39 is 36.4 Å². The van der Waals surface area contributed by atoms with E-state index in [2.05, 4.69) is 26.2 Å². The van der Waals surface area contributed by atoms with Crippen LogP contribution in [0.1, 0.15) is 32.1 Å². The molecule has 1 saturated carbocycles. The third-order valence-corrected chi connectivity index (χ3v) is 18.8. The maximum absolute atomic E-state index is 6.34. The fraction of sp³-hybridized carbons (Fsp3) is 1.00. The summed E-state index contributed by atoms with van der Waals surface area (Å²) in [6.45, 7) is 8.48. The highest BCUT2D eigenvalue weighted by atomic mass is 28.5. The summed E-state index contributed by atoms with van der Waals surface area (Å²) in [6.07, 6.45) is 6.70. The van der Waals surface area contributed by atoms with Crippen molar-refractivity contribution in [1.29, 1.82) is 0 Å². The highest BCUT2D eigenvalue weighted by molar-refractivity contribution is 6.81. The van der Waals surface area contributed by atoms with Gasteiger partial charge in [-0.15, -0.1) is 0 Å². The minimum atomic E-state index is -2.16. The van der Waals surface area contributed by atoms with E-state index >= 15 is 0 Å². The molecule has 0 N–H and O–H groups in total. The van der Waals surface area contributed by atoms with Gasteiger partial charge in [0, 0.05) is 0 Å². The van der Waals surface area contributed by atoms with Crippen molar-refractivity contribution < 1.29 is 21.2 Å². The zero-order valence-electron chi connectivity index (χ0n) is 13.6. The SMILES string of the molecule is C[SiH]1O[SiH](C)O[Si](C)(CCC23CCCCC2O3)O[SiH](C)O1. The number of epoxide rings is 1. The fourth-order valence-corrected chi connectivity index (χ4v) is 18.6. The van der Waals surface area contributed by atoms with Gasteiger partial charge >= 0.3 is 8.56 Å². The molecule has 2 saturated heterocycles. The summed E-state index contributed by atoms with van der Waals surface area (Å²) in [5, 5.41) is 0. The highest BCUT2D eigenvalue weighted by Gasteiger charge is 2.57. The van der Waals surface area contributed by atoms with Crippen LogP contribution in [0.15, 0.2) is 0 Å². The van der Waals surface area contributed by atoms with Gasteiger partial charge in [0.2, 0.25) is 0 Å². The van der Waals surface area contributed by atoms with Crippen LogP contribution in [0.2, 0.25) is 32.2 Å². The molecule has 3 rings (SSSR count). The number of hydrogen-bond acceptors (Lipinski definition) is 5. The molecular formula is C12H28O5Si4. The van der Waals surface area contributed by atoms with Crippen LogP contribution in [0.25, 0.3) is 0 Å². The average molecular weight is 365 g/mol.